The van der Waals surface area contributed by atoms with Gasteiger partial charge in [0.05, 0.1) is 6.04 Å². The number of amides is 1. The Morgan fingerprint density at radius 2 is 1.37 bits per heavy atom. The van der Waals surface area contributed by atoms with E-state index < -0.39 is 18.1 Å². The number of carboxylic acids is 1. The second kappa shape index (κ2) is 9.75. The van der Waals surface area contributed by atoms with Gasteiger partial charge in [0.2, 0.25) is 5.91 Å². The van der Waals surface area contributed by atoms with Crippen molar-refractivity contribution in [2.45, 2.75) is 57.0 Å². The largest absolute Gasteiger partial charge is 0.480 e. The van der Waals surface area contributed by atoms with Crippen LogP contribution in [-0.2, 0) is 9.59 Å². The minimum atomic E-state index is -0.937. The number of nitrogens with two attached hydrogens (primary N) is 2. The van der Waals surface area contributed by atoms with Crippen LogP contribution in [0.25, 0.3) is 0 Å². The summed E-state index contributed by atoms with van der Waals surface area (Å²) in [4.78, 5) is 23.5. The lowest BCUT2D eigenvalue weighted by Gasteiger charge is -2.16. The summed E-state index contributed by atoms with van der Waals surface area (Å²) in [7, 11) is 3.40. The van der Waals surface area contributed by atoms with Crippen LogP contribution in [0.15, 0.2) is 0 Å². The molecular weight excluding hydrogens is 246 g/mol. The molecule has 19 heavy (non-hydrogen) atoms. The van der Waals surface area contributed by atoms with Gasteiger partial charge in [0.15, 0.2) is 0 Å². The molecule has 0 rings (SSSR count). The van der Waals surface area contributed by atoms with E-state index in [-0.39, 0.29) is 5.91 Å². The van der Waals surface area contributed by atoms with Gasteiger partial charge in [-0.2, -0.15) is 0 Å². The van der Waals surface area contributed by atoms with Crippen molar-refractivity contribution in [2.24, 2.45) is 11.5 Å². The second-order valence-corrected chi connectivity index (χ2v) is 5.13. The number of unbranched alkanes of at least 4 members (excludes halogenated alkanes) is 4. The van der Waals surface area contributed by atoms with E-state index >= 15 is 0 Å². The average Bonchev–Trinajstić information content (AvgIpc) is 2.35. The molecule has 0 aliphatic heterocycles. The van der Waals surface area contributed by atoms with Crippen LogP contribution < -0.4 is 11.5 Å². The van der Waals surface area contributed by atoms with E-state index in [1.807, 2.05) is 0 Å². The van der Waals surface area contributed by atoms with Crippen molar-refractivity contribution in [3.8, 4) is 0 Å². The van der Waals surface area contributed by atoms with Crippen molar-refractivity contribution >= 4 is 11.9 Å². The quantitative estimate of drug-likeness (QED) is 0.503. The van der Waals surface area contributed by atoms with Crippen LogP contribution in [0.1, 0.15) is 44.9 Å². The molecule has 0 aromatic heterocycles. The lowest BCUT2D eigenvalue weighted by atomic mass is 10.0. The van der Waals surface area contributed by atoms with Crippen molar-refractivity contribution in [1.82, 2.24) is 4.90 Å². The SMILES string of the molecule is CN(C)C(=O)[C@H](N)CCCCCCC[C@H](N)C(=O)O. The summed E-state index contributed by atoms with van der Waals surface area (Å²) in [5.74, 6) is -0.972. The molecule has 0 saturated carbocycles. The maximum Gasteiger partial charge on any atom is 0.320 e. The molecule has 0 saturated heterocycles. The molecule has 6 nitrogen and oxygen atoms in total. The zero-order valence-electron chi connectivity index (χ0n) is 12.0. The van der Waals surface area contributed by atoms with Crippen LogP contribution in [0, 0.1) is 0 Å². The maximum atomic E-state index is 11.5. The number of hydrogen-bond donors (Lipinski definition) is 3. The molecule has 0 aliphatic rings. The normalized spacial score (nSPS) is 13.9. The van der Waals surface area contributed by atoms with E-state index in [9.17, 15) is 9.59 Å². The Bertz CT molecular complexity index is 282. The molecule has 2 atom stereocenters. The molecule has 1 amide bonds. The van der Waals surface area contributed by atoms with Gasteiger partial charge in [-0.1, -0.05) is 32.1 Å². The second-order valence-electron chi connectivity index (χ2n) is 5.13. The molecule has 112 valence electrons. The molecule has 5 N–H and O–H groups in total. The van der Waals surface area contributed by atoms with Crippen molar-refractivity contribution in [3.63, 3.8) is 0 Å². The van der Waals surface area contributed by atoms with Gasteiger partial charge < -0.3 is 21.5 Å². The number of aliphatic carboxylic acids is 1. The first kappa shape index (κ1) is 17.9. The molecule has 0 spiro atoms. The predicted molar refractivity (Wildman–Crippen MR) is 74.6 cm³/mol. The Hall–Kier alpha value is -1.14. The van der Waals surface area contributed by atoms with Crippen molar-refractivity contribution < 1.29 is 14.7 Å². The number of carboxylic acid groups (broad SMARTS) is 1. The van der Waals surface area contributed by atoms with Gasteiger partial charge in [0, 0.05) is 14.1 Å². The van der Waals surface area contributed by atoms with Crippen LogP contribution in [0.4, 0.5) is 0 Å². The van der Waals surface area contributed by atoms with Crippen LogP contribution >= 0.6 is 0 Å². The highest BCUT2D eigenvalue weighted by Crippen LogP contribution is 2.09. The van der Waals surface area contributed by atoms with Crippen LogP contribution in [0.5, 0.6) is 0 Å². The first-order valence-corrected chi connectivity index (χ1v) is 6.81. The predicted octanol–water partition coefficient (Wildman–Crippen LogP) is 0.545. The smallest absolute Gasteiger partial charge is 0.320 e. The molecule has 0 aromatic carbocycles. The van der Waals surface area contributed by atoms with Gasteiger partial charge in [-0.05, 0) is 12.8 Å². The van der Waals surface area contributed by atoms with Gasteiger partial charge in [0.1, 0.15) is 6.04 Å². The number of nitrogens with zero attached hydrogens (tertiary/aromatic N) is 1. The van der Waals surface area contributed by atoms with Gasteiger partial charge >= 0.3 is 5.97 Å². The zero-order chi connectivity index (χ0) is 14.8. The van der Waals surface area contributed by atoms with Crippen LogP contribution in [0.2, 0.25) is 0 Å². The molecule has 0 fully saturated rings. The van der Waals surface area contributed by atoms with Crippen molar-refractivity contribution in [1.29, 1.82) is 0 Å². The lowest BCUT2D eigenvalue weighted by Crippen LogP contribution is -2.39. The summed E-state index contributed by atoms with van der Waals surface area (Å²) in [6.07, 6.45) is 5.98. The molecule has 0 unspecified atom stereocenters. The third-order valence-electron chi connectivity index (χ3n) is 3.11. The summed E-state index contributed by atoms with van der Waals surface area (Å²) in [5, 5.41) is 8.61. The van der Waals surface area contributed by atoms with Gasteiger partial charge in [-0.25, -0.2) is 0 Å². The molecule has 6 heteroatoms. The van der Waals surface area contributed by atoms with E-state index in [1.54, 1.807) is 14.1 Å². The van der Waals surface area contributed by atoms with Crippen LogP contribution in [-0.4, -0.2) is 48.1 Å². The lowest BCUT2D eigenvalue weighted by molar-refractivity contribution is -0.138. The number of carbonyl (C=O) groups excluding carboxylic acids is 1. The van der Waals surface area contributed by atoms with Crippen molar-refractivity contribution in [3.05, 3.63) is 0 Å². The first-order valence-electron chi connectivity index (χ1n) is 6.81. The number of carbonyl (C=O) groups is 2. The maximum absolute atomic E-state index is 11.5. The van der Waals surface area contributed by atoms with Gasteiger partial charge in [-0.3, -0.25) is 9.59 Å². The van der Waals surface area contributed by atoms with Gasteiger partial charge in [0.25, 0.3) is 0 Å². The molecule has 0 aromatic rings. The van der Waals surface area contributed by atoms with E-state index in [1.165, 1.54) is 4.90 Å². The Labute approximate surface area is 115 Å². The molecule has 0 aliphatic carbocycles. The highest BCUT2D eigenvalue weighted by Gasteiger charge is 2.14. The summed E-state index contributed by atoms with van der Waals surface area (Å²) < 4.78 is 0. The van der Waals surface area contributed by atoms with Crippen molar-refractivity contribution in [2.75, 3.05) is 14.1 Å². The summed E-state index contributed by atoms with van der Waals surface area (Å²) >= 11 is 0. The Kier molecular flexibility index (Phi) is 9.16. The zero-order valence-corrected chi connectivity index (χ0v) is 12.0. The number of likely N-dealkylation sites (N-methyl/N-ethyl adjacent to an activating group) is 1. The first-order chi connectivity index (χ1) is 8.86. The summed E-state index contributed by atoms with van der Waals surface area (Å²) in [6.45, 7) is 0. The minimum absolute atomic E-state index is 0.0348. The number of hydrogen-bond acceptors (Lipinski definition) is 4. The molecular formula is C13H27N3O3. The van der Waals surface area contributed by atoms with E-state index in [0.717, 1.165) is 32.1 Å². The molecule has 0 bridgehead atoms. The summed E-state index contributed by atoms with van der Waals surface area (Å²) in [5.41, 5.74) is 11.2. The van der Waals surface area contributed by atoms with Crippen LogP contribution in [0.3, 0.4) is 0 Å². The summed E-state index contributed by atoms with van der Waals surface area (Å²) in [6, 6.07) is -1.15. The average molecular weight is 273 g/mol. The van der Waals surface area contributed by atoms with Gasteiger partial charge in [-0.15, -0.1) is 0 Å². The highest BCUT2D eigenvalue weighted by molar-refractivity contribution is 5.81. The number of rotatable bonds is 10. The highest BCUT2D eigenvalue weighted by atomic mass is 16.4. The van der Waals surface area contributed by atoms with E-state index in [2.05, 4.69) is 0 Å². The third-order valence-corrected chi connectivity index (χ3v) is 3.11. The fourth-order valence-corrected chi connectivity index (χ4v) is 1.84. The Morgan fingerprint density at radius 1 is 0.947 bits per heavy atom. The third kappa shape index (κ3) is 8.56. The Morgan fingerprint density at radius 3 is 1.79 bits per heavy atom. The minimum Gasteiger partial charge on any atom is -0.480 e. The van der Waals surface area contributed by atoms with E-state index in [0.29, 0.717) is 12.8 Å². The standard InChI is InChI=1S/C13H27N3O3/c1-16(2)12(17)10(14)8-6-4-3-5-7-9-11(15)13(18)19/h10-11H,3-9,14-15H2,1-2H3,(H,18,19)/t10-,11+/m1/s1. The molecule has 0 radical (unpaired) electrons. The topological polar surface area (TPSA) is 110 Å². The van der Waals surface area contributed by atoms with E-state index in [4.69, 9.17) is 16.6 Å². The monoisotopic (exact) mass is 273 g/mol. The Balaban J connectivity index is 3.46. The molecule has 0 heterocycles. The fourth-order valence-electron chi connectivity index (χ4n) is 1.84. The fraction of sp³-hybridized carbons (Fsp3) is 0.846.